The Bertz CT molecular complexity index is 1470. The molecule has 0 unspecified atom stereocenters. The maximum atomic E-state index is 5.98. The topological polar surface area (TPSA) is 47.9 Å². The molecule has 0 radical (unpaired) electrons. The van der Waals surface area contributed by atoms with Crippen molar-refractivity contribution in [2.24, 2.45) is 0 Å². The minimum Gasteiger partial charge on any atom is -0.439 e. The van der Waals surface area contributed by atoms with Gasteiger partial charge in [0.2, 0.25) is 5.88 Å². The highest BCUT2D eigenvalue weighted by Crippen LogP contribution is 2.31. The zero-order valence-electron chi connectivity index (χ0n) is 19.1. The summed E-state index contributed by atoms with van der Waals surface area (Å²) in [6.45, 7) is 1.98. The molecule has 35 heavy (non-hydrogen) atoms. The van der Waals surface area contributed by atoms with Crippen LogP contribution in [0.2, 0.25) is 5.02 Å². The van der Waals surface area contributed by atoms with E-state index in [-0.39, 0.29) is 0 Å². The average Bonchev–Trinajstić information content (AvgIpc) is 2.91. The summed E-state index contributed by atoms with van der Waals surface area (Å²) in [6, 6.07) is 25.6. The molecule has 5 heteroatoms. The number of hydrogen-bond acceptors (Lipinski definition) is 4. The normalized spacial score (nSPS) is 11.0. The maximum absolute atomic E-state index is 5.98. The minimum absolute atomic E-state index is 0.546. The summed E-state index contributed by atoms with van der Waals surface area (Å²) in [6.07, 6.45) is 11.5. The number of hydrogen-bond donors (Lipinski definition) is 0. The molecule has 5 rings (SSSR count). The van der Waals surface area contributed by atoms with Crippen LogP contribution in [0.5, 0.6) is 11.6 Å². The van der Waals surface area contributed by atoms with E-state index in [1.807, 2.05) is 67.8 Å². The van der Waals surface area contributed by atoms with E-state index in [1.165, 1.54) is 0 Å². The van der Waals surface area contributed by atoms with Gasteiger partial charge in [-0.1, -0.05) is 60.2 Å². The molecule has 0 bridgehead atoms. The van der Waals surface area contributed by atoms with Crippen LogP contribution >= 0.6 is 11.6 Å². The van der Waals surface area contributed by atoms with Crippen molar-refractivity contribution in [2.45, 2.75) is 6.92 Å². The highest BCUT2D eigenvalue weighted by atomic mass is 35.5. The highest BCUT2D eigenvalue weighted by Gasteiger charge is 2.12. The number of aromatic nitrogens is 3. The zero-order valence-corrected chi connectivity index (χ0v) is 19.9. The van der Waals surface area contributed by atoms with Crippen molar-refractivity contribution in [3.05, 3.63) is 125 Å². The SMILES string of the molecule is Cc1cc(-c2ncc(-c3cccnc3)cc2/C=C/c2ccccc2)cnc1Oc1ccc(Cl)cc1. The van der Waals surface area contributed by atoms with Crippen LogP contribution < -0.4 is 4.74 Å². The second kappa shape index (κ2) is 10.3. The third kappa shape index (κ3) is 5.45. The lowest BCUT2D eigenvalue weighted by molar-refractivity contribution is 0.459. The van der Waals surface area contributed by atoms with Gasteiger partial charge in [0.1, 0.15) is 5.75 Å². The van der Waals surface area contributed by atoms with Gasteiger partial charge in [0.05, 0.1) is 5.69 Å². The zero-order chi connectivity index (χ0) is 24.0. The van der Waals surface area contributed by atoms with Crippen molar-refractivity contribution >= 4 is 23.8 Å². The van der Waals surface area contributed by atoms with E-state index >= 15 is 0 Å². The van der Waals surface area contributed by atoms with Gasteiger partial charge < -0.3 is 4.74 Å². The molecule has 0 spiro atoms. The molecule has 0 fully saturated rings. The first-order chi connectivity index (χ1) is 17.2. The van der Waals surface area contributed by atoms with Crippen molar-refractivity contribution in [3.63, 3.8) is 0 Å². The Labute approximate surface area is 209 Å². The molecule has 2 aromatic carbocycles. The molecular weight excluding hydrogens is 454 g/mol. The number of ether oxygens (including phenoxy) is 1. The van der Waals surface area contributed by atoms with E-state index in [1.54, 1.807) is 24.5 Å². The number of pyridine rings is 3. The maximum Gasteiger partial charge on any atom is 0.222 e. The van der Waals surface area contributed by atoms with Gasteiger partial charge >= 0.3 is 0 Å². The summed E-state index contributed by atoms with van der Waals surface area (Å²) in [5.41, 5.74) is 6.79. The molecule has 3 aromatic heterocycles. The van der Waals surface area contributed by atoms with Gasteiger partial charge in [-0.25, -0.2) is 4.98 Å². The van der Waals surface area contributed by atoms with Crippen LogP contribution in [0, 0.1) is 6.92 Å². The van der Waals surface area contributed by atoms with Crippen LogP contribution in [0.3, 0.4) is 0 Å². The lowest BCUT2D eigenvalue weighted by Gasteiger charge is -2.12. The molecule has 0 aliphatic heterocycles. The summed E-state index contributed by atoms with van der Waals surface area (Å²) in [7, 11) is 0. The third-order valence-electron chi connectivity index (χ3n) is 5.50. The Kier molecular flexibility index (Phi) is 6.64. The smallest absolute Gasteiger partial charge is 0.222 e. The monoisotopic (exact) mass is 475 g/mol. The summed E-state index contributed by atoms with van der Waals surface area (Å²) >= 11 is 5.98. The Morgan fingerprint density at radius 2 is 1.54 bits per heavy atom. The van der Waals surface area contributed by atoms with Crippen molar-refractivity contribution in [1.82, 2.24) is 15.0 Å². The molecule has 170 valence electrons. The van der Waals surface area contributed by atoms with Crippen LogP contribution in [0.15, 0.2) is 104 Å². The van der Waals surface area contributed by atoms with Crippen LogP contribution in [-0.4, -0.2) is 15.0 Å². The van der Waals surface area contributed by atoms with Crippen molar-refractivity contribution in [3.8, 4) is 34.0 Å². The van der Waals surface area contributed by atoms with E-state index in [0.29, 0.717) is 16.7 Å². The van der Waals surface area contributed by atoms with Gasteiger partial charge in [-0.2, -0.15) is 0 Å². The highest BCUT2D eigenvalue weighted by molar-refractivity contribution is 6.30. The van der Waals surface area contributed by atoms with Gasteiger partial charge in [-0.05, 0) is 55.0 Å². The fourth-order valence-electron chi connectivity index (χ4n) is 3.70. The molecule has 4 nitrogen and oxygen atoms in total. The fraction of sp³-hybridized carbons (Fsp3) is 0.0333. The Hall–Kier alpha value is -4.28. The Balaban J connectivity index is 1.52. The second-order valence-electron chi connectivity index (χ2n) is 8.05. The van der Waals surface area contributed by atoms with E-state index < -0.39 is 0 Å². The first-order valence-corrected chi connectivity index (χ1v) is 11.6. The van der Waals surface area contributed by atoms with Crippen molar-refractivity contribution in [2.75, 3.05) is 0 Å². The largest absolute Gasteiger partial charge is 0.439 e. The van der Waals surface area contributed by atoms with Gasteiger partial charge in [0, 0.05) is 57.6 Å². The molecule has 0 N–H and O–H groups in total. The number of benzene rings is 2. The first kappa shape index (κ1) is 22.5. The average molecular weight is 476 g/mol. The molecule has 0 aliphatic carbocycles. The molecule has 0 atom stereocenters. The van der Waals surface area contributed by atoms with Crippen molar-refractivity contribution < 1.29 is 4.74 Å². The molecule has 0 aliphatic rings. The summed E-state index contributed by atoms with van der Waals surface area (Å²) in [4.78, 5) is 13.7. The third-order valence-corrected chi connectivity index (χ3v) is 5.75. The fourth-order valence-corrected chi connectivity index (χ4v) is 3.83. The van der Waals surface area contributed by atoms with Gasteiger partial charge in [0.15, 0.2) is 0 Å². The van der Waals surface area contributed by atoms with E-state index in [4.69, 9.17) is 21.3 Å². The predicted molar refractivity (Wildman–Crippen MR) is 142 cm³/mol. The van der Waals surface area contributed by atoms with Gasteiger partial charge in [0.25, 0.3) is 0 Å². The molecule has 0 saturated heterocycles. The minimum atomic E-state index is 0.546. The van der Waals surface area contributed by atoms with Crippen LogP contribution in [0.1, 0.15) is 16.7 Å². The lowest BCUT2D eigenvalue weighted by atomic mass is 10.0. The van der Waals surface area contributed by atoms with E-state index in [2.05, 4.69) is 40.3 Å². The van der Waals surface area contributed by atoms with E-state index in [0.717, 1.165) is 39.1 Å². The second-order valence-corrected chi connectivity index (χ2v) is 8.49. The van der Waals surface area contributed by atoms with E-state index in [9.17, 15) is 0 Å². The number of halogens is 1. The molecular formula is C30H22ClN3O. The van der Waals surface area contributed by atoms with Gasteiger partial charge in [-0.15, -0.1) is 0 Å². The van der Waals surface area contributed by atoms with Gasteiger partial charge in [-0.3, -0.25) is 9.97 Å². The lowest BCUT2D eigenvalue weighted by Crippen LogP contribution is -1.95. The standard InChI is InChI=1S/C30H22ClN3O/c1-21-16-26(20-34-30(21)35-28-13-11-27(31)12-14-28)29-23(10-9-22-6-3-2-4-7-22)17-25(19-33-29)24-8-5-15-32-18-24/h2-20H,1H3/b10-9+. The summed E-state index contributed by atoms with van der Waals surface area (Å²) in [5, 5.41) is 0.661. The predicted octanol–water partition coefficient (Wildman–Crippen LogP) is 8.13. The summed E-state index contributed by atoms with van der Waals surface area (Å²) in [5.74, 6) is 1.23. The Morgan fingerprint density at radius 1 is 0.743 bits per heavy atom. The quantitative estimate of drug-likeness (QED) is 0.248. The van der Waals surface area contributed by atoms with Crippen LogP contribution in [-0.2, 0) is 0 Å². The molecule has 3 heterocycles. The Morgan fingerprint density at radius 3 is 2.29 bits per heavy atom. The molecule has 0 amide bonds. The first-order valence-electron chi connectivity index (χ1n) is 11.2. The summed E-state index contributed by atoms with van der Waals surface area (Å²) < 4.78 is 5.96. The van der Waals surface area contributed by atoms with Crippen molar-refractivity contribution in [1.29, 1.82) is 0 Å². The van der Waals surface area contributed by atoms with Crippen LogP contribution in [0.4, 0.5) is 0 Å². The van der Waals surface area contributed by atoms with Crippen LogP contribution in [0.25, 0.3) is 34.5 Å². The number of nitrogens with zero attached hydrogens (tertiary/aromatic N) is 3. The number of aryl methyl sites for hydroxylation is 1. The molecule has 0 saturated carbocycles. The molecule has 5 aromatic rings. The number of rotatable bonds is 6.